The molecule has 19 heavy (non-hydrogen) atoms. The Hall–Kier alpha value is -1.84. The Morgan fingerprint density at radius 2 is 1.89 bits per heavy atom. The van der Waals surface area contributed by atoms with Gasteiger partial charge in [-0.25, -0.2) is 0 Å². The van der Waals surface area contributed by atoms with Gasteiger partial charge in [0.2, 0.25) is 0 Å². The first-order valence-electron chi connectivity index (χ1n) is 6.45. The van der Waals surface area contributed by atoms with Crippen molar-refractivity contribution >= 4 is 5.69 Å². The second-order valence-electron chi connectivity index (χ2n) is 4.75. The topological polar surface area (TPSA) is 58.3 Å². The summed E-state index contributed by atoms with van der Waals surface area (Å²) in [6, 6.07) is 15.8. The number of benzene rings is 2. The first-order valence-corrected chi connectivity index (χ1v) is 6.45. The van der Waals surface area contributed by atoms with E-state index < -0.39 is 6.10 Å². The second-order valence-corrected chi connectivity index (χ2v) is 4.75. The van der Waals surface area contributed by atoms with Gasteiger partial charge in [0.15, 0.2) is 0 Å². The fourth-order valence-corrected chi connectivity index (χ4v) is 1.93. The quantitative estimate of drug-likeness (QED) is 0.720. The molecule has 100 valence electrons. The molecule has 0 heterocycles. The van der Waals surface area contributed by atoms with E-state index in [0.29, 0.717) is 6.54 Å². The van der Waals surface area contributed by atoms with Gasteiger partial charge in [-0.2, -0.15) is 0 Å². The summed E-state index contributed by atoms with van der Waals surface area (Å²) in [5, 5.41) is 13.3. The average Bonchev–Trinajstić information content (AvgIpc) is 2.43. The molecule has 0 spiro atoms. The van der Waals surface area contributed by atoms with Crippen LogP contribution in [0.25, 0.3) is 0 Å². The molecule has 0 aliphatic rings. The lowest BCUT2D eigenvalue weighted by atomic mass is 10.1. The number of aliphatic hydroxyl groups is 1. The van der Waals surface area contributed by atoms with E-state index in [-0.39, 0.29) is 0 Å². The number of rotatable bonds is 5. The Kier molecular flexibility index (Phi) is 4.55. The lowest BCUT2D eigenvalue weighted by Crippen LogP contribution is -2.21. The van der Waals surface area contributed by atoms with Crippen LogP contribution >= 0.6 is 0 Å². The molecule has 4 N–H and O–H groups in total. The molecule has 3 nitrogen and oxygen atoms in total. The Morgan fingerprint density at radius 3 is 2.58 bits per heavy atom. The van der Waals surface area contributed by atoms with Gasteiger partial charge in [0, 0.05) is 18.8 Å². The number of nitrogens with two attached hydrogens (primary N) is 1. The van der Waals surface area contributed by atoms with Crippen LogP contribution < -0.4 is 11.1 Å². The highest BCUT2D eigenvalue weighted by atomic mass is 16.3. The number of aryl methyl sites for hydroxylation is 1. The van der Waals surface area contributed by atoms with Gasteiger partial charge < -0.3 is 16.2 Å². The summed E-state index contributed by atoms with van der Waals surface area (Å²) in [5.41, 5.74) is 9.66. The summed E-state index contributed by atoms with van der Waals surface area (Å²) in [7, 11) is 0. The normalized spacial score (nSPS) is 12.3. The van der Waals surface area contributed by atoms with Crippen molar-refractivity contribution in [2.24, 2.45) is 0 Å². The molecular formula is C16H20N2O. The maximum atomic E-state index is 10.1. The lowest BCUT2D eigenvalue weighted by Gasteiger charge is -2.13. The van der Waals surface area contributed by atoms with Gasteiger partial charge >= 0.3 is 0 Å². The van der Waals surface area contributed by atoms with Gasteiger partial charge in [-0.15, -0.1) is 0 Å². The summed E-state index contributed by atoms with van der Waals surface area (Å²) >= 11 is 0. The molecule has 1 atom stereocenters. The van der Waals surface area contributed by atoms with Crippen LogP contribution in [0.3, 0.4) is 0 Å². The summed E-state index contributed by atoms with van der Waals surface area (Å²) in [6.45, 7) is 3.22. The smallest absolute Gasteiger partial charge is 0.0915 e. The van der Waals surface area contributed by atoms with Crippen molar-refractivity contribution < 1.29 is 5.11 Å². The number of hydrogen-bond donors (Lipinski definition) is 3. The number of nitrogen functional groups attached to an aromatic ring is 1. The molecule has 0 aliphatic carbocycles. The molecular weight excluding hydrogens is 236 g/mol. The van der Waals surface area contributed by atoms with Crippen LogP contribution in [0.1, 0.15) is 22.8 Å². The van der Waals surface area contributed by atoms with Crippen molar-refractivity contribution in [2.45, 2.75) is 19.6 Å². The zero-order chi connectivity index (χ0) is 13.7. The van der Waals surface area contributed by atoms with Gasteiger partial charge in [-0.05, 0) is 29.7 Å². The molecule has 2 rings (SSSR count). The molecule has 3 heteroatoms. The molecule has 0 radical (unpaired) electrons. The second kappa shape index (κ2) is 6.36. The van der Waals surface area contributed by atoms with Crippen molar-refractivity contribution in [3.05, 3.63) is 65.2 Å². The molecule has 0 saturated heterocycles. The molecule has 0 fully saturated rings. The lowest BCUT2D eigenvalue weighted by molar-refractivity contribution is 0.174. The zero-order valence-corrected chi connectivity index (χ0v) is 11.1. The van der Waals surface area contributed by atoms with Crippen LogP contribution in [-0.4, -0.2) is 11.7 Å². The fraction of sp³-hybridized carbons (Fsp3) is 0.250. The molecule has 2 aromatic rings. The van der Waals surface area contributed by atoms with Gasteiger partial charge in [-0.1, -0.05) is 42.5 Å². The van der Waals surface area contributed by atoms with Gasteiger partial charge in [0.1, 0.15) is 0 Å². The minimum absolute atomic E-state index is 0.511. The van der Waals surface area contributed by atoms with Crippen LogP contribution in [0.15, 0.2) is 48.5 Å². The van der Waals surface area contributed by atoms with Crippen LogP contribution in [0.4, 0.5) is 5.69 Å². The Morgan fingerprint density at radius 1 is 1.16 bits per heavy atom. The summed E-state index contributed by atoms with van der Waals surface area (Å²) in [4.78, 5) is 0. The van der Waals surface area contributed by atoms with E-state index in [1.807, 2.05) is 43.3 Å². The summed E-state index contributed by atoms with van der Waals surface area (Å²) in [5.74, 6) is 0. The zero-order valence-electron chi connectivity index (χ0n) is 11.1. The van der Waals surface area contributed by atoms with Crippen molar-refractivity contribution in [1.29, 1.82) is 0 Å². The third kappa shape index (κ3) is 3.81. The van der Waals surface area contributed by atoms with Crippen molar-refractivity contribution in [3.63, 3.8) is 0 Å². The minimum Gasteiger partial charge on any atom is -0.399 e. The highest BCUT2D eigenvalue weighted by molar-refractivity contribution is 5.48. The minimum atomic E-state index is -0.536. The third-order valence-electron chi connectivity index (χ3n) is 3.20. The van der Waals surface area contributed by atoms with E-state index in [2.05, 4.69) is 17.4 Å². The number of aliphatic hydroxyl groups excluding tert-OH is 1. The monoisotopic (exact) mass is 256 g/mol. The van der Waals surface area contributed by atoms with E-state index in [9.17, 15) is 5.11 Å². The highest BCUT2D eigenvalue weighted by Crippen LogP contribution is 2.18. The fourth-order valence-electron chi connectivity index (χ4n) is 1.93. The molecule has 0 aromatic heterocycles. The molecule has 1 unspecified atom stereocenters. The number of nitrogens with one attached hydrogen (secondary N) is 1. The van der Waals surface area contributed by atoms with Crippen molar-refractivity contribution in [3.8, 4) is 0 Å². The first-order chi connectivity index (χ1) is 9.16. The van der Waals surface area contributed by atoms with Gasteiger partial charge in [0.05, 0.1) is 6.10 Å². The number of hydrogen-bond acceptors (Lipinski definition) is 3. The van der Waals surface area contributed by atoms with E-state index in [4.69, 9.17) is 5.73 Å². The summed E-state index contributed by atoms with van der Waals surface area (Å²) < 4.78 is 0. The molecule has 2 aromatic carbocycles. The van der Waals surface area contributed by atoms with Crippen molar-refractivity contribution in [2.75, 3.05) is 12.3 Å². The van der Waals surface area contributed by atoms with Gasteiger partial charge in [-0.3, -0.25) is 0 Å². The van der Waals surface area contributed by atoms with Crippen LogP contribution in [0, 0.1) is 6.92 Å². The largest absolute Gasteiger partial charge is 0.399 e. The SMILES string of the molecule is Cc1ccc(C(O)CNCc2ccccc2)cc1N. The maximum absolute atomic E-state index is 10.1. The molecule has 0 bridgehead atoms. The highest BCUT2D eigenvalue weighted by Gasteiger charge is 2.08. The van der Waals surface area contributed by atoms with E-state index in [0.717, 1.165) is 23.4 Å². The maximum Gasteiger partial charge on any atom is 0.0915 e. The Labute approximate surface area is 114 Å². The predicted octanol–water partition coefficient (Wildman–Crippen LogP) is 2.40. The molecule has 0 amide bonds. The predicted molar refractivity (Wildman–Crippen MR) is 78.7 cm³/mol. The summed E-state index contributed by atoms with van der Waals surface area (Å²) in [6.07, 6.45) is -0.536. The first kappa shape index (κ1) is 13.6. The van der Waals surface area contributed by atoms with Gasteiger partial charge in [0.25, 0.3) is 0 Å². The van der Waals surface area contributed by atoms with Crippen molar-refractivity contribution in [1.82, 2.24) is 5.32 Å². The number of anilines is 1. The van der Waals surface area contributed by atoms with Crippen LogP contribution in [0.2, 0.25) is 0 Å². The molecule has 0 aliphatic heterocycles. The van der Waals surface area contributed by atoms with E-state index >= 15 is 0 Å². The standard InChI is InChI=1S/C16H20N2O/c1-12-7-8-14(9-15(12)17)16(19)11-18-10-13-5-3-2-4-6-13/h2-9,16,18-19H,10-11,17H2,1H3. The molecule has 0 saturated carbocycles. The average molecular weight is 256 g/mol. The Balaban J connectivity index is 1.87. The van der Waals surface area contributed by atoms with Crippen LogP contribution in [0.5, 0.6) is 0 Å². The third-order valence-corrected chi connectivity index (χ3v) is 3.20. The van der Waals surface area contributed by atoms with E-state index in [1.54, 1.807) is 0 Å². The van der Waals surface area contributed by atoms with E-state index in [1.165, 1.54) is 5.56 Å². The Bertz CT molecular complexity index is 526. The van der Waals surface area contributed by atoms with Crippen LogP contribution in [-0.2, 0) is 6.54 Å².